The van der Waals surface area contributed by atoms with Crippen molar-refractivity contribution < 1.29 is 14.6 Å². The molecule has 0 aromatic heterocycles. The van der Waals surface area contributed by atoms with E-state index < -0.39 is 11.8 Å². The smallest absolute Gasteiger partial charge is 0.333 e. The van der Waals surface area contributed by atoms with E-state index in [4.69, 9.17) is 4.74 Å². The molecule has 1 saturated carbocycles. The van der Waals surface area contributed by atoms with Crippen LogP contribution < -0.4 is 0 Å². The monoisotopic (exact) mass is 248 g/mol. The molecule has 1 N–H and O–H groups in total. The lowest BCUT2D eigenvalue weighted by atomic mass is 9.56. The Morgan fingerprint density at radius 2 is 2.17 bits per heavy atom. The molecule has 0 aromatic carbocycles. The van der Waals surface area contributed by atoms with Gasteiger partial charge in [-0.3, -0.25) is 0 Å². The van der Waals surface area contributed by atoms with E-state index in [0.717, 1.165) is 18.4 Å². The largest absolute Gasteiger partial charge is 0.426 e. The molecule has 1 aliphatic heterocycles. The number of carbonyl (C=O) groups is 1. The molecule has 3 rings (SSSR count). The van der Waals surface area contributed by atoms with Crippen LogP contribution in [-0.4, -0.2) is 16.9 Å². The van der Waals surface area contributed by atoms with Gasteiger partial charge < -0.3 is 9.84 Å². The molecule has 3 nitrogen and oxygen atoms in total. The second kappa shape index (κ2) is 3.47. The number of esters is 1. The minimum atomic E-state index is -1.37. The molecular formula is C15H20O3. The molecule has 2 aliphatic carbocycles. The van der Waals surface area contributed by atoms with Crippen molar-refractivity contribution in [2.75, 3.05) is 0 Å². The average Bonchev–Trinajstić information content (AvgIpc) is 2.53. The third-order valence-corrected chi connectivity index (χ3v) is 4.95. The lowest BCUT2D eigenvalue weighted by Gasteiger charge is -2.51. The molecule has 1 heterocycles. The number of fused-ring (bicyclic) bond motifs is 2. The first-order valence-corrected chi connectivity index (χ1v) is 6.68. The fourth-order valence-electron chi connectivity index (χ4n) is 4.10. The lowest BCUT2D eigenvalue weighted by Crippen LogP contribution is -2.50. The predicted molar refractivity (Wildman–Crippen MR) is 67.5 cm³/mol. The highest BCUT2D eigenvalue weighted by Crippen LogP contribution is 2.57. The van der Waals surface area contributed by atoms with Gasteiger partial charge in [0.2, 0.25) is 5.79 Å². The van der Waals surface area contributed by atoms with Crippen LogP contribution >= 0.6 is 0 Å². The van der Waals surface area contributed by atoms with Crippen molar-refractivity contribution in [2.24, 2.45) is 17.3 Å². The molecule has 0 radical (unpaired) electrons. The summed E-state index contributed by atoms with van der Waals surface area (Å²) in [5.41, 5.74) is 1.97. The fraction of sp³-hybridized carbons (Fsp3) is 0.667. The van der Waals surface area contributed by atoms with Crippen LogP contribution in [0.25, 0.3) is 0 Å². The predicted octanol–water partition coefficient (Wildman–Crippen LogP) is 2.56. The van der Waals surface area contributed by atoms with E-state index in [1.54, 1.807) is 0 Å². The van der Waals surface area contributed by atoms with Gasteiger partial charge in [0.25, 0.3) is 0 Å². The van der Waals surface area contributed by atoms with Crippen molar-refractivity contribution >= 4 is 5.97 Å². The summed E-state index contributed by atoms with van der Waals surface area (Å²) in [5, 5.41) is 10.6. The number of aliphatic hydroxyl groups is 1. The van der Waals surface area contributed by atoms with Gasteiger partial charge in [-0.25, -0.2) is 4.79 Å². The first-order valence-electron chi connectivity index (χ1n) is 6.68. The van der Waals surface area contributed by atoms with E-state index in [-0.39, 0.29) is 5.41 Å². The Morgan fingerprint density at radius 1 is 1.44 bits per heavy atom. The van der Waals surface area contributed by atoms with E-state index >= 15 is 0 Å². The Morgan fingerprint density at radius 3 is 2.89 bits per heavy atom. The molecule has 0 bridgehead atoms. The molecule has 3 heteroatoms. The number of allylic oxidation sites excluding steroid dienone is 2. The molecule has 18 heavy (non-hydrogen) atoms. The van der Waals surface area contributed by atoms with Crippen LogP contribution in [0.5, 0.6) is 0 Å². The number of hydrogen-bond donors (Lipinski definition) is 1. The fourth-order valence-corrected chi connectivity index (χ4v) is 4.10. The minimum Gasteiger partial charge on any atom is -0.426 e. The van der Waals surface area contributed by atoms with Crippen molar-refractivity contribution in [3.63, 3.8) is 0 Å². The quantitative estimate of drug-likeness (QED) is 0.529. The molecular weight excluding hydrogens is 228 g/mol. The second-order valence-corrected chi connectivity index (χ2v) is 6.51. The Balaban J connectivity index is 2.07. The van der Waals surface area contributed by atoms with Gasteiger partial charge in [-0.2, -0.15) is 0 Å². The molecule has 3 atom stereocenters. The molecule has 0 saturated heterocycles. The number of carbonyl (C=O) groups excluding carboxylic acids is 1. The zero-order valence-electron chi connectivity index (χ0n) is 11.2. The third kappa shape index (κ3) is 1.50. The highest BCUT2D eigenvalue weighted by Gasteiger charge is 2.57. The third-order valence-electron chi connectivity index (χ3n) is 4.95. The first-order chi connectivity index (χ1) is 8.33. The van der Waals surface area contributed by atoms with Crippen molar-refractivity contribution in [2.45, 2.75) is 45.8 Å². The topological polar surface area (TPSA) is 46.5 Å². The molecule has 0 amide bonds. The summed E-state index contributed by atoms with van der Waals surface area (Å²) >= 11 is 0. The minimum absolute atomic E-state index is 0.180. The SMILES string of the molecule is CC1=C[C@H]2CC3(O)OC(=O)C=C3C(C)(C)[C@@H]2CC1. The molecule has 0 spiro atoms. The summed E-state index contributed by atoms with van der Waals surface area (Å²) in [4.78, 5) is 11.5. The van der Waals surface area contributed by atoms with E-state index in [1.807, 2.05) is 0 Å². The van der Waals surface area contributed by atoms with Crippen LogP contribution in [0, 0.1) is 17.3 Å². The molecule has 1 unspecified atom stereocenters. The molecule has 98 valence electrons. The van der Waals surface area contributed by atoms with E-state index in [1.165, 1.54) is 11.6 Å². The van der Waals surface area contributed by atoms with Gasteiger partial charge in [0.15, 0.2) is 0 Å². The van der Waals surface area contributed by atoms with E-state index in [0.29, 0.717) is 18.3 Å². The van der Waals surface area contributed by atoms with Crippen LogP contribution in [0.2, 0.25) is 0 Å². The molecule has 1 fully saturated rings. The van der Waals surface area contributed by atoms with Gasteiger partial charge in [0.05, 0.1) is 0 Å². The highest BCUT2D eigenvalue weighted by atomic mass is 16.7. The van der Waals surface area contributed by atoms with Gasteiger partial charge >= 0.3 is 5.97 Å². The van der Waals surface area contributed by atoms with Crippen LogP contribution in [0.1, 0.15) is 40.0 Å². The molecule has 3 aliphatic rings. The summed E-state index contributed by atoms with van der Waals surface area (Å²) in [6.45, 7) is 6.38. The lowest BCUT2D eigenvalue weighted by molar-refractivity contribution is -0.201. The van der Waals surface area contributed by atoms with E-state index in [2.05, 4.69) is 26.8 Å². The maximum Gasteiger partial charge on any atom is 0.333 e. The second-order valence-electron chi connectivity index (χ2n) is 6.51. The van der Waals surface area contributed by atoms with E-state index in [9.17, 15) is 9.90 Å². The van der Waals surface area contributed by atoms with Crippen molar-refractivity contribution in [1.29, 1.82) is 0 Å². The van der Waals surface area contributed by atoms with Crippen LogP contribution in [0.4, 0.5) is 0 Å². The standard InChI is InChI=1S/C15H20O3/c1-9-4-5-11-10(6-9)8-15(17)12(14(11,2)3)7-13(16)18-15/h6-7,10-11,17H,4-5,8H2,1-3H3/t10-,11+,15?/m0/s1. The Kier molecular flexibility index (Phi) is 2.31. The van der Waals surface area contributed by atoms with Crippen LogP contribution in [0.3, 0.4) is 0 Å². The maximum absolute atomic E-state index is 11.5. The number of ether oxygens (including phenoxy) is 1. The summed E-state index contributed by atoms with van der Waals surface area (Å²) in [7, 11) is 0. The summed E-state index contributed by atoms with van der Waals surface area (Å²) in [6, 6.07) is 0. The summed E-state index contributed by atoms with van der Waals surface area (Å²) in [5.74, 6) is -0.973. The van der Waals surface area contributed by atoms with Gasteiger partial charge in [-0.05, 0) is 37.0 Å². The molecule has 0 aromatic rings. The van der Waals surface area contributed by atoms with Crippen molar-refractivity contribution in [3.8, 4) is 0 Å². The van der Waals surface area contributed by atoms with Gasteiger partial charge in [0, 0.05) is 18.1 Å². The van der Waals surface area contributed by atoms with Gasteiger partial charge in [-0.1, -0.05) is 25.5 Å². The number of rotatable bonds is 0. The van der Waals surface area contributed by atoms with Crippen LogP contribution in [-0.2, 0) is 9.53 Å². The first kappa shape index (κ1) is 12.0. The average molecular weight is 248 g/mol. The summed E-state index contributed by atoms with van der Waals surface area (Å²) in [6.07, 6.45) is 6.51. The van der Waals surface area contributed by atoms with Crippen molar-refractivity contribution in [3.05, 3.63) is 23.3 Å². The Hall–Kier alpha value is -1.09. The normalized spacial score (nSPS) is 41.4. The summed E-state index contributed by atoms with van der Waals surface area (Å²) < 4.78 is 5.17. The number of hydrogen-bond acceptors (Lipinski definition) is 3. The van der Waals surface area contributed by atoms with Gasteiger partial charge in [0.1, 0.15) is 0 Å². The van der Waals surface area contributed by atoms with Crippen LogP contribution in [0.15, 0.2) is 23.3 Å². The van der Waals surface area contributed by atoms with Crippen molar-refractivity contribution in [1.82, 2.24) is 0 Å². The zero-order valence-corrected chi connectivity index (χ0v) is 11.2. The maximum atomic E-state index is 11.5. The zero-order chi connectivity index (χ0) is 13.1. The van der Waals surface area contributed by atoms with Gasteiger partial charge in [-0.15, -0.1) is 0 Å². The Labute approximate surface area is 108 Å². The highest BCUT2D eigenvalue weighted by molar-refractivity contribution is 5.87. The Bertz CT molecular complexity index is 472.